The zero-order valence-corrected chi connectivity index (χ0v) is 29.8. The average Bonchev–Trinajstić information content (AvgIpc) is 2.98. The number of carbonyl (C=O) groups is 3. The lowest BCUT2D eigenvalue weighted by Crippen LogP contribution is -2.55. The molecule has 0 rings (SSSR count). The summed E-state index contributed by atoms with van der Waals surface area (Å²) in [4.78, 5) is 36.0. The van der Waals surface area contributed by atoms with Crippen LogP contribution in [0.1, 0.15) is 155 Å². The Kier molecular flexibility index (Phi) is 28.2. The number of esters is 2. The highest BCUT2D eigenvalue weighted by molar-refractivity contribution is 5.70. The summed E-state index contributed by atoms with van der Waals surface area (Å²) in [6, 6.07) is -0.718. The van der Waals surface area contributed by atoms with Gasteiger partial charge in [-0.15, -0.1) is 0 Å². The van der Waals surface area contributed by atoms with Crippen molar-refractivity contribution in [3.8, 4) is 0 Å². The van der Waals surface area contributed by atoms with E-state index in [1.54, 1.807) is 21.1 Å². The van der Waals surface area contributed by atoms with Crippen LogP contribution in [0.2, 0.25) is 0 Å². The highest BCUT2D eigenvalue weighted by Crippen LogP contribution is 2.14. The van der Waals surface area contributed by atoms with Gasteiger partial charge >= 0.3 is 11.9 Å². The number of nitrogens with zero attached hydrogens (tertiary/aromatic N) is 1. The summed E-state index contributed by atoms with van der Waals surface area (Å²) >= 11 is 0. The van der Waals surface area contributed by atoms with Crippen LogP contribution in [0.25, 0.3) is 0 Å². The number of unbranched alkanes of at least 4 members (excludes halogenated alkanes) is 16. The highest BCUT2D eigenvalue weighted by atomic mass is 16.6. The summed E-state index contributed by atoms with van der Waals surface area (Å²) in [7, 11) is 5.37. The summed E-state index contributed by atoms with van der Waals surface area (Å²) in [6.07, 6.45) is 27.7. The molecule has 0 N–H and O–H groups in total. The second-order valence-corrected chi connectivity index (χ2v) is 13.5. The Balaban J connectivity index is 4.07. The van der Waals surface area contributed by atoms with Crippen LogP contribution in [-0.4, -0.2) is 75.5 Å². The van der Waals surface area contributed by atoms with Crippen LogP contribution < -0.4 is 5.11 Å². The molecular weight excluding hydrogens is 570 g/mol. The number of hydrogen-bond donors (Lipinski definition) is 0. The number of allylic oxidation sites excluding steroid dienone is 2. The molecule has 0 aromatic heterocycles. The van der Waals surface area contributed by atoms with E-state index >= 15 is 0 Å². The summed E-state index contributed by atoms with van der Waals surface area (Å²) < 4.78 is 16.8. The molecule has 0 aromatic carbocycles. The Labute approximate surface area is 276 Å². The maximum atomic E-state index is 12.5. The Morgan fingerprint density at radius 3 is 1.64 bits per heavy atom. The number of carboxylic acid groups (broad SMARTS) is 1. The maximum Gasteiger partial charge on any atom is 0.306 e. The van der Waals surface area contributed by atoms with Gasteiger partial charge in [0.25, 0.3) is 0 Å². The van der Waals surface area contributed by atoms with E-state index in [4.69, 9.17) is 14.2 Å². The lowest BCUT2D eigenvalue weighted by Gasteiger charge is -2.34. The second kappa shape index (κ2) is 29.5. The van der Waals surface area contributed by atoms with E-state index in [0.717, 1.165) is 32.1 Å². The smallest absolute Gasteiger partial charge is 0.306 e. The molecule has 0 fully saturated rings. The molecule has 8 nitrogen and oxygen atoms in total. The van der Waals surface area contributed by atoms with Crippen molar-refractivity contribution >= 4 is 17.9 Å². The first-order valence-corrected chi connectivity index (χ1v) is 18.2. The average molecular weight is 640 g/mol. The Morgan fingerprint density at radius 1 is 0.644 bits per heavy atom. The number of carboxylic acids is 1. The van der Waals surface area contributed by atoms with Gasteiger partial charge in [0.15, 0.2) is 6.10 Å². The minimum atomic E-state index is -1.13. The zero-order chi connectivity index (χ0) is 33.6. The second-order valence-electron chi connectivity index (χ2n) is 13.5. The minimum absolute atomic E-state index is 0.0409. The zero-order valence-electron chi connectivity index (χ0n) is 29.8. The SMILES string of the molecule is CCCCCCCC/C=C\CCCCCCCCCCCC(=O)OC(COCCC(C(=O)[O-])[N+](C)(C)C)COC(=O)CCCC. The first-order chi connectivity index (χ1) is 21.6. The van der Waals surface area contributed by atoms with Crippen LogP contribution in [0.3, 0.4) is 0 Å². The Bertz CT molecular complexity index is 762. The van der Waals surface area contributed by atoms with E-state index in [1.165, 1.54) is 89.9 Å². The van der Waals surface area contributed by atoms with Crippen LogP contribution in [0.4, 0.5) is 0 Å². The Hall–Kier alpha value is -1.93. The van der Waals surface area contributed by atoms with E-state index in [-0.39, 0.29) is 42.7 Å². The fourth-order valence-corrected chi connectivity index (χ4v) is 5.22. The highest BCUT2D eigenvalue weighted by Gasteiger charge is 2.25. The van der Waals surface area contributed by atoms with Gasteiger partial charge in [-0.05, 0) is 38.5 Å². The molecule has 0 aliphatic carbocycles. The Morgan fingerprint density at radius 2 is 1.13 bits per heavy atom. The third-order valence-corrected chi connectivity index (χ3v) is 8.15. The molecule has 0 spiro atoms. The van der Waals surface area contributed by atoms with Crippen molar-refractivity contribution in [3.63, 3.8) is 0 Å². The van der Waals surface area contributed by atoms with Crippen LogP contribution >= 0.6 is 0 Å². The van der Waals surface area contributed by atoms with Gasteiger partial charge in [0.1, 0.15) is 12.6 Å². The lowest BCUT2D eigenvalue weighted by molar-refractivity contribution is -0.889. The molecular formula is C37H69NO7. The van der Waals surface area contributed by atoms with Gasteiger partial charge in [0.05, 0.1) is 40.3 Å². The van der Waals surface area contributed by atoms with E-state index in [2.05, 4.69) is 19.1 Å². The predicted molar refractivity (Wildman–Crippen MR) is 181 cm³/mol. The summed E-state index contributed by atoms with van der Waals surface area (Å²) in [6.45, 7) is 4.41. The first-order valence-electron chi connectivity index (χ1n) is 18.2. The lowest BCUT2D eigenvalue weighted by atomic mass is 10.1. The van der Waals surface area contributed by atoms with Crippen LogP contribution in [0, 0.1) is 0 Å². The fraction of sp³-hybridized carbons (Fsp3) is 0.865. The quantitative estimate of drug-likeness (QED) is 0.0326. The summed E-state index contributed by atoms with van der Waals surface area (Å²) in [5.74, 6) is -1.78. The third kappa shape index (κ3) is 28.1. The van der Waals surface area contributed by atoms with Crippen molar-refractivity contribution in [1.82, 2.24) is 0 Å². The molecule has 0 bridgehead atoms. The van der Waals surface area contributed by atoms with Crippen LogP contribution in [0.15, 0.2) is 12.2 Å². The molecule has 2 unspecified atom stereocenters. The number of aliphatic carboxylic acids is 1. The number of quaternary nitrogens is 1. The van der Waals surface area contributed by atoms with E-state index < -0.39 is 18.1 Å². The van der Waals surface area contributed by atoms with Crippen LogP contribution in [0.5, 0.6) is 0 Å². The molecule has 0 heterocycles. The molecule has 0 saturated carbocycles. The molecule has 0 saturated heterocycles. The largest absolute Gasteiger partial charge is 0.544 e. The summed E-state index contributed by atoms with van der Waals surface area (Å²) in [5, 5.41) is 11.5. The summed E-state index contributed by atoms with van der Waals surface area (Å²) in [5.41, 5.74) is 0. The maximum absolute atomic E-state index is 12.5. The van der Waals surface area contributed by atoms with Crippen molar-refractivity contribution in [1.29, 1.82) is 0 Å². The molecule has 8 heteroatoms. The van der Waals surface area contributed by atoms with Crippen molar-refractivity contribution in [2.24, 2.45) is 0 Å². The molecule has 2 atom stereocenters. The first kappa shape index (κ1) is 43.1. The van der Waals surface area contributed by atoms with Gasteiger partial charge in [-0.1, -0.05) is 109 Å². The van der Waals surface area contributed by atoms with Crippen LogP contribution in [-0.2, 0) is 28.6 Å². The fourth-order valence-electron chi connectivity index (χ4n) is 5.22. The van der Waals surface area contributed by atoms with Crippen molar-refractivity contribution in [2.75, 3.05) is 41.0 Å². The van der Waals surface area contributed by atoms with E-state index in [9.17, 15) is 19.5 Å². The van der Waals surface area contributed by atoms with E-state index in [0.29, 0.717) is 12.8 Å². The van der Waals surface area contributed by atoms with Gasteiger partial charge in [-0.3, -0.25) is 9.59 Å². The molecule has 0 aromatic rings. The molecule has 264 valence electrons. The number of likely N-dealkylation sites (N-methyl/N-ethyl adjacent to an activating group) is 1. The normalized spacial score (nSPS) is 13.2. The van der Waals surface area contributed by atoms with Crippen molar-refractivity contribution < 1.29 is 38.2 Å². The topological polar surface area (TPSA) is 102 Å². The number of ether oxygens (including phenoxy) is 3. The number of carbonyl (C=O) groups excluding carboxylic acids is 3. The number of hydrogen-bond acceptors (Lipinski definition) is 7. The van der Waals surface area contributed by atoms with Crippen molar-refractivity contribution in [2.45, 2.75) is 167 Å². The molecule has 45 heavy (non-hydrogen) atoms. The molecule has 0 aliphatic heterocycles. The number of rotatable bonds is 32. The predicted octanol–water partition coefficient (Wildman–Crippen LogP) is 7.46. The van der Waals surface area contributed by atoms with Gasteiger partial charge in [-0.25, -0.2) is 0 Å². The van der Waals surface area contributed by atoms with Gasteiger partial charge in [0, 0.05) is 19.3 Å². The molecule has 0 aliphatic rings. The van der Waals surface area contributed by atoms with Crippen molar-refractivity contribution in [3.05, 3.63) is 12.2 Å². The molecule has 0 radical (unpaired) electrons. The monoisotopic (exact) mass is 640 g/mol. The van der Waals surface area contributed by atoms with Gasteiger partial charge in [-0.2, -0.15) is 0 Å². The molecule has 0 amide bonds. The van der Waals surface area contributed by atoms with Gasteiger partial charge in [0.2, 0.25) is 0 Å². The third-order valence-electron chi connectivity index (χ3n) is 8.15. The minimum Gasteiger partial charge on any atom is -0.544 e. The standard InChI is InChI=1S/C37H69NO7/c1-6-8-10-11-12-13-14-15-16-17-18-19-20-21-22-23-24-25-26-28-36(40)45-33(32-44-35(39)27-9-7-2)31-43-30-29-34(37(41)42)38(3,4)5/h15-16,33-34H,6-14,17-32H2,1-5H3/b16-15-. The van der Waals surface area contributed by atoms with E-state index in [1.807, 2.05) is 6.92 Å². The van der Waals surface area contributed by atoms with Gasteiger partial charge < -0.3 is 28.6 Å².